The fraction of sp³-hybridized carbons (Fsp3) is 0.176. The first-order valence-corrected chi connectivity index (χ1v) is 7.41. The average molecular weight is 360 g/mol. The maximum Gasteiger partial charge on any atom is 0.342 e. The lowest BCUT2D eigenvalue weighted by Gasteiger charge is -2.09. The number of hydrogen-bond acceptors (Lipinski definition) is 7. The van der Waals surface area contributed by atoms with Crippen LogP contribution in [0.4, 0.5) is 11.4 Å². The Labute approximate surface area is 148 Å². The zero-order valence-electron chi connectivity index (χ0n) is 14.0. The summed E-state index contributed by atoms with van der Waals surface area (Å²) in [4.78, 5) is 34.3. The minimum Gasteiger partial charge on any atom is -0.507 e. The third-order valence-electron chi connectivity index (χ3n) is 3.38. The maximum absolute atomic E-state index is 11.9. The van der Waals surface area contributed by atoms with Crippen molar-refractivity contribution >= 4 is 23.3 Å². The fourth-order valence-corrected chi connectivity index (χ4v) is 2.10. The van der Waals surface area contributed by atoms with E-state index >= 15 is 0 Å². The first-order valence-electron chi connectivity index (χ1n) is 7.41. The van der Waals surface area contributed by atoms with Gasteiger partial charge < -0.3 is 19.9 Å². The van der Waals surface area contributed by atoms with E-state index in [1.54, 1.807) is 13.0 Å². The highest BCUT2D eigenvalue weighted by Crippen LogP contribution is 2.28. The molecule has 2 aromatic rings. The Balaban J connectivity index is 2.04. The molecule has 0 bridgehead atoms. The minimum absolute atomic E-state index is 0.0600. The lowest BCUT2D eigenvalue weighted by atomic mass is 10.1. The van der Waals surface area contributed by atoms with E-state index in [0.29, 0.717) is 0 Å². The van der Waals surface area contributed by atoms with Crippen LogP contribution in [0.3, 0.4) is 0 Å². The Hall–Kier alpha value is -3.62. The van der Waals surface area contributed by atoms with Gasteiger partial charge in [-0.05, 0) is 31.2 Å². The van der Waals surface area contributed by atoms with Crippen molar-refractivity contribution in [3.05, 3.63) is 57.6 Å². The van der Waals surface area contributed by atoms with Crippen molar-refractivity contribution in [2.45, 2.75) is 6.92 Å². The number of aryl methyl sites for hydroxylation is 1. The van der Waals surface area contributed by atoms with E-state index in [4.69, 9.17) is 9.47 Å². The number of esters is 1. The molecule has 9 heteroatoms. The number of nitrogens with one attached hydrogen (secondary N) is 1. The number of benzene rings is 2. The molecule has 0 fully saturated rings. The minimum atomic E-state index is -0.884. The van der Waals surface area contributed by atoms with E-state index in [-0.39, 0.29) is 28.4 Å². The number of carbonyl (C=O) groups is 2. The second-order valence-electron chi connectivity index (χ2n) is 5.29. The van der Waals surface area contributed by atoms with Crippen LogP contribution in [0.25, 0.3) is 0 Å². The first-order chi connectivity index (χ1) is 12.3. The normalized spacial score (nSPS) is 10.1. The molecule has 0 saturated heterocycles. The Kier molecular flexibility index (Phi) is 5.74. The predicted molar refractivity (Wildman–Crippen MR) is 91.4 cm³/mol. The number of phenolic OH excluding ortho intramolecular Hbond substituents is 1. The molecule has 0 aliphatic carbocycles. The Morgan fingerprint density at radius 1 is 1.23 bits per heavy atom. The van der Waals surface area contributed by atoms with Crippen LogP contribution >= 0.6 is 0 Å². The van der Waals surface area contributed by atoms with Crippen LogP contribution < -0.4 is 10.1 Å². The van der Waals surface area contributed by atoms with E-state index in [0.717, 1.165) is 11.6 Å². The number of amides is 1. The summed E-state index contributed by atoms with van der Waals surface area (Å²) in [6, 6.07) is 8.28. The van der Waals surface area contributed by atoms with Crippen molar-refractivity contribution in [1.82, 2.24) is 0 Å². The number of rotatable bonds is 6. The molecule has 0 aliphatic rings. The van der Waals surface area contributed by atoms with Gasteiger partial charge in [-0.15, -0.1) is 0 Å². The molecule has 0 radical (unpaired) electrons. The summed E-state index contributed by atoms with van der Waals surface area (Å²) in [5, 5.41) is 23.0. The van der Waals surface area contributed by atoms with Gasteiger partial charge in [0.1, 0.15) is 22.7 Å². The van der Waals surface area contributed by atoms with Gasteiger partial charge in [0, 0.05) is 0 Å². The number of hydrogen-bond donors (Lipinski definition) is 2. The third kappa shape index (κ3) is 4.47. The molecule has 2 N–H and O–H groups in total. The van der Waals surface area contributed by atoms with Crippen molar-refractivity contribution in [2.75, 3.05) is 19.0 Å². The quantitative estimate of drug-likeness (QED) is 0.460. The van der Waals surface area contributed by atoms with Crippen molar-refractivity contribution in [1.29, 1.82) is 0 Å². The van der Waals surface area contributed by atoms with E-state index in [9.17, 15) is 24.8 Å². The third-order valence-corrected chi connectivity index (χ3v) is 3.38. The SMILES string of the molecule is COc1ccc(NC(=O)COC(=O)c2cc(C)ccc2O)c([N+](=O)[O-])c1. The summed E-state index contributed by atoms with van der Waals surface area (Å²) in [7, 11) is 1.36. The lowest BCUT2D eigenvalue weighted by molar-refractivity contribution is -0.384. The lowest BCUT2D eigenvalue weighted by Crippen LogP contribution is -2.21. The van der Waals surface area contributed by atoms with E-state index in [1.165, 1.54) is 31.4 Å². The zero-order chi connectivity index (χ0) is 19.3. The van der Waals surface area contributed by atoms with Crippen molar-refractivity contribution in [2.24, 2.45) is 0 Å². The molecule has 0 atom stereocenters. The summed E-state index contributed by atoms with van der Waals surface area (Å²) in [6.45, 7) is 1.06. The molecule has 1 amide bonds. The second-order valence-corrected chi connectivity index (χ2v) is 5.29. The van der Waals surface area contributed by atoms with E-state index in [1.807, 2.05) is 0 Å². The molecule has 0 heterocycles. The summed E-state index contributed by atoms with van der Waals surface area (Å²) < 4.78 is 9.74. The Morgan fingerprint density at radius 2 is 1.96 bits per heavy atom. The van der Waals surface area contributed by atoms with Crippen LogP contribution in [0.2, 0.25) is 0 Å². The number of carbonyl (C=O) groups excluding carboxylic acids is 2. The number of anilines is 1. The van der Waals surface area contributed by atoms with Gasteiger partial charge in [0.25, 0.3) is 11.6 Å². The Bertz CT molecular complexity index is 864. The van der Waals surface area contributed by atoms with Gasteiger partial charge in [0.05, 0.1) is 18.1 Å². The highest BCUT2D eigenvalue weighted by atomic mass is 16.6. The smallest absolute Gasteiger partial charge is 0.342 e. The largest absolute Gasteiger partial charge is 0.507 e. The predicted octanol–water partition coefficient (Wildman–Crippen LogP) is 2.41. The van der Waals surface area contributed by atoms with Crippen LogP contribution in [-0.4, -0.2) is 35.6 Å². The molecule has 9 nitrogen and oxygen atoms in total. The van der Waals surface area contributed by atoms with E-state index in [2.05, 4.69) is 5.32 Å². The number of methoxy groups -OCH3 is 1. The summed E-state index contributed by atoms with van der Waals surface area (Å²) in [6.07, 6.45) is 0. The highest BCUT2D eigenvalue weighted by Gasteiger charge is 2.19. The second kappa shape index (κ2) is 7.97. The number of ether oxygens (including phenoxy) is 2. The van der Waals surface area contributed by atoms with Gasteiger partial charge in [0.2, 0.25) is 0 Å². The summed E-state index contributed by atoms with van der Waals surface area (Å²) in [5.74, 6) is -1.66. The molecule has 0 aliphatic heterocycles. The van der Waals surface area contributed by atoms with E-state index < -0.39 is 23.4 Å². The number of nitro groups is 1. The molecule has 0 spiro atoms. The molecular formula is C17H16N2O7. The number of nitro benzene ring substituents is 1. The fourth-order valence-electron chi connectivity index (χ4n) is 2.10. The van der Waals surface area contributed by atoms with Crippen molar-refractivity contribution in [3.63, 3.8) is 0 Å². The van der Waals surface area contributed by atoms with Crippen LogP contribution in [0.1, 0.15) is 15.9 Å². The zero-order valence-corrected chi connectivity index (χ0v) is 14.0. The van der Waals surface area contributed by atoms with Crippen LogP contribution in [-0.2, 0) is 9.53 Å². The van der Waals surface area contributed by atoms with Crippen LogP contribution in [0, 0.1) is 17.0 Å². The summed E-state index contributed by atoms with van der Waals surface area (Å²) in [5.41, 5.74) is 0.233. The van der Waals surface area contributed by atoms with Crippen molar-refractivity contribution < 1.29 is 29.1 Å². The maximum atomic E-state index is 11.9. The molecular weight excluding hydrogens is 344 g/mol. The Morgan fingerprint density at radius 3 is 2.62 bits per heavy atom. The molecule has 136 valence electrons. The standard InChI is InChI=1S/C17H16N2O7/c1-10-3-6-15(20)12(7-10)17(22)26-9-16(21)18-13-5-4-11(25-2)8-14(13)19(23)24/h3-8,20H,9H2,1-2H3,(H,18,21). The van der Waals surface area contributed by atoms with Gasteiger partial charge in [-0.2, -0.15) is 0 Å². The molecule has 0 unspecified atom stereocenters. The van der Waals surface area contributed by atoms with Gasteiger partial charge >= 0.3 is 5.97 Å². The van der Waals surface area contributed by atoms with Gasteiger partial charge in [-0.3, -0.25) is 14.9 Å². The molecule has 2 aromatic carbocycles. The molecule has 2 rings (SSSR count). The van der Waals surface area contributed by atoms with Crippen LogP contribution in [0.5, 0.6) is 11.5 Å². The number of aromatic hydroxyl groups is 1. The first kappa shape index (κ1) is 18.7. The summed E-state index contributed by atoms with van der Waals surface area (Å²) >= 11 is 0. The topological polar surface area (TPSA) is 128 Å². The molecule has 0 saturated carbocycles. The van der Waals surface area contributed by atoms with Gasteiger partial charge in [0.15, 0.2) is 6.61 Å². The highest BCUT2D eigenvalue weighted by molar-refractivity contribution is 5.97. The molecule has 0 aromatic heterocycles. The monoisotopic (exact) mass is 360 g/mol. The number of phenols is 1. The van der Waals surface area contributed by atoms with Gasteiger partial charge in [-0.25, -0.2) is 4.79 Å². The average Bonchev–Trinajstić information content (AvgIpc) is 2.61. The number of nitrogens with zero attached hydrogens (tertiary/aromatic N) is 1. The van der Waals surface area contributed by atoms with Gasteiger partial charge in [-0.1, -0.05) is 11.6 Å². The van der Waals surface area contributed by atoms with Crippen molar-refractivity contribution in [3.8, 4) is 11.5 Å². The molecule has 26 heavy (non-hydrogen) atoms. The van der Waals surface area contributed by atoms with Crippen LogP contribution in [0.15, 0.2) is 36.4 Å².